The fourth-order valence-corrected chi connectivity index (χ4v) is 3.27. The van der Waals surface area contributed by atoms with Crippen molar-refractivity contribution in [3.63, 3.8) is 0 Å². The van der Waals surface area contributed by atoms with Crippen LogP contribution in [-0.2, 0) is 15.4 Å². The Balaban J connectivity index is 2.18. The summed E-state index contributed by atoms with van der Waals surface area (Å²) < 4.78 is 24.5. The van der Waals surface area contributed by atoms with Crippen molar-refractivity contribution in [2.45, 2.75) is 31.1 Å². The van der Waals surface area contributed by atoms with Gasteiger partial charge in [-0.1, -0.05) is 62.2 Å². The zero-order chi connectivity index (χ0) is 18.0. The largest absolute Gasteiger partial charge is 0.276 e. The Morgan fingerprint density at radius 2 is 1.54 bits per heavy atom. The van der Waals surface area contributed by atoms with Crippen LogP contribution in [0.5, 0.6) is 0 Å². The van der Waals surface area contributed by atoms with E-state index in [0.717, 1.165) is 5.56 Å². The number of nitrogens with one attached hydrogen (secondary N) is 1. The fraction of sp³-hybridized carbons (Fsp3) is 0.235. The molecule has 0 heterocycles. The molecule has 0 amide bonds. The summed E-state index contributed by atoms with van der Waals surface area (Å²) in [5.74, 6) is 0. The van der Waals surface area contributed by atoms with Gasteiger partial charge in [-0.2, -0.15) is 13.5 Å². The monoisotopic (exact) mass is 384 g/mol. The lowest BCUT2D eigenvalue weighted by atomic mass is 9.87. The summed E-state index contributed by atoms with van der Waals surface area (Å²) in [6.07, 6.45) is 1.28. The van der Waals surface area contributed by atoms with Crippen molar-refractivity contribution in [3.05, 3.63) is 63.6 Å². The molecular weight excluding hydrogens is 367 g/mol. The van der Waals surface area contributed by atoms with Crippen LogP contribution in [0.1, 0.15) is 31.9 Å². The molecular formula is C17H18Cl2N2O2S. The smallest absolute Gasteiger partial charge is 0.200 e. The Kier molecular flexibility index (Phi) is 5.58. The molecule has 0 bridgehead atoms. The van der Waals surface area contributed by atoms with E-state index in [4.69, 9.17) is 23.2 Å². The molecule has 0 saturated heterocycles. The molecule has 128 valence electrons. The van der Waals surface area contributed by atoms with E-state index in [9.17, 15) is 8.42 Å². The summed E-state index contributed by atoms with van der Waals surface area (Å²) >= 11 is 12.0. The average molecular weight is 385 g/mol. The molecule has 0 radical (unpaired) electrons. The van der Waals surface area contributed by atoms with Crippen LogP contribution in [0, 0.1) is 0 Å². The van der Waals surface area contributed by atoms with Crippen LogP contribution < -0.4 is 4.83 Å². The summed E-state index contributed by atoms with van der Waals surface area (Å²) in [4.78, 5) is 2.30. The Morgan fingerprint density at radius 1 is 1.00 bits per heavy atom. The van der Waals surface area contributed by atoms with Gasteiger partial charge in [0.1, 0.15) is 0 Å². The minimum absolute atomic E-state index is 0.0469. The molecule has 2 aromatic carbocycles. The molecule has 0 atom stereocenters. The highest BCUT2D eigenvalue weighted by Gasteiger charge is 2.17. The van der Waals surface area contributed by atoms with Gasteiger partial charge in [-0.25, -0.2) is 4.83 Å². The Labute approximate surface area is 152 Å². The zero-order valence-electron chi connectivity index (χ0n) is 13.5. The van der Waals surface area contributed by atoms with Crippen molar-refractivity contribution in [2.75, 3.05) is 0 Å². The predicted molar refractivity (Wildman–Crippen MR) is 99.5 cm³/mol. The SMILES string of the molecule is CC(C)(C)c1ccc(S(=O)(=O)N/N=C\c2c(Cl)cccc2Cl)cc1. The number of hydrogen-bond acceptors (Lipinski definition) is 3. The quantitative estimate of drug-likeness (QED) is 0.618. The van der Waals surface area contributed by atoms with E-state index in [1.54, 1.807) is 42.5 Å². The minimum atomic E-state index is -3.75. The zero-order valence-corrected chi connectivity index (χ0v) is 15.9. The van der Waals surface area contributed by atoms with Crippen LogP contribution >= 0.6 is 23.2 Å². The van der Waals surface area contributed by atoms with Crippen LogP contribution in [0.15, 0.2) is 52.5 Å². The summed E-state index contributed by atoms with van der Waals surface area (Å²) in [5, 5.41) is 4.53. The molecule has 2 aromatic rings. The Morgan fingerprint density at radius 3 is 2.04 bits per heavy atom. The first-order valence-electron chi connectivity index (χ1n) is 7.21. The number of rotatable bonds is 4. The first kappa shape index (κ1) is 18.8. The molecule has 4 nitrogen and oxygen atoms in total. The van der Waals surface area contributed by atoms with Crippen LogP contribution in [0.4, 0.5) is 0 Å². The number of benzene rings is 2. The first-order chi connectivity index (χ1) is 11.1. The summed E-state index contributed by atoms with van der Waals surface area (Å²) in [6.45, 7) is 6.19. The molecule has 0 aromatic heterocycles. The molecule has 0 saturated carbocycles. The van der Waals surface area contributed by atoms with E-state index < -0.39 is 10.0 Å². The molecule has 7 heteroatoms. The molecule has 0 aliphatic rings. The predicted octanol–water partition coefficient (Wildman–Crippen LogP) is 4.60. The van der Waals surface area contributed by atoms with Crippen LogP contribution in [0.25, 0.3) is 0 Å². The van der Waals surface area contributed by atoms with Crippen LogP contribution in [0.2, 0.25) is 10.0 Å². The third kappa shape index (κ3) is 4.50. The summed E-state index contributed by atoms with van der Waals surface area (Å²) in [6, 6.07) is 11.7. The topological polar surface area (TPSA) is 58.5 Å². The highest BCUT2D eigenvalue weighted by Crippen LogP contribution is 2.24. The molecule has 24 heavy (non-hydrogen) atoms. The van der Waals surface area contributed by atoms with Gasteiger partial charge in [0.15, 0.2) is 0 Å². The molecule has 0 aliphatic carbocycles. The lowest BCUT2D eigenvalue weighted by molar-refractivity contribution is 0.580. The van der Waals surface area contributed by atoms with Crippen LogP contribution in [0.3, 0.4) is 0 Å². The number of halogens is 2. The second-order valence-electron chi connectivity index (χ2n) is 6.26. The van der Waals surface area contributed by atoms with E-state index in [1.807, 2.05) is 0 Å². The van der Waals surface area contributed by atoms with Crippen molar-refractivity contribution >= 4 is 39.4 Å². The van der Waals surface area contributed by atoms with Crippen molar-refractivity contribution in [1.82, 2.24) is 4.83 Å². The Hall–Kier alpha value is -1.56. The Bertz CT molecular complexity index is 835. The third-order valence-corrected chi connectivity index (χ3v) is 5.29. The second kappa shape index (κ2) is 7.13. The second-order valence-corrected chi connectivity index (χ2v) is 8.74. The molecule has 2 rings (SSSR count). The van der Waals surface area contributed by atoms with Gasteiger partial charge in [-0.15, -0.1) is 0 Å². The van der Waals surface area contributed by atoms with Crippen LogP contribution in [-0.4, -0.2) is 14.6 Å². The molecule has 0 aliphatic heterocycles. The number of hydrazone groups is 1. The van der Waals surface area contributed by atoms with Gasteiger partial charge in [0.25, 0.3) is 10.0 Å². The fourth-order valence-electron chi connectivity index (χ4n) is 1.98. The van der Waals surface area contributed by atoms with E-state index >= 15 is 0 Å². The summed E-state index contributed by atoms with van der Waals surface area (Å²) in [7, 11) is -3.75. The van der Waals surface area contributed by atoms with Crippen molar-refractivity contribution in [2.24, 2.45) is 5.10 Å². The van der Waals surface area contributed by atoms with Gasteiger partial charge in [0.2, 0.25) is 0 Å². The van der Waals surface area contributed by atoms with Gasteiger partial charge in [-0.3, -0.25) is 0 Å². The van der Waals surface area contributed by atoms with Gasteiger partial charge in [0.05, 0.1) is 21.2 Å². The maximum Gasteiger partial charge on any atom is 0.276 e. The number of hydrogen-bond donors (Lipinski definition) is 1. The minimum Gasteiger partial charge on any atom is -0.200 e. The van der Waals surface area contributed by atoms with E-state index in [0.29, 0.717) is 15.6 Å². The van der Waals surface area contributed by atoms with E-state index in [1.165, 1.54) is 6.21 Å². The third-order valence-electron chi connectivity index (χ3n) is 3.40. The van der Waals surface area contributed by atoms with Gasteiger partial charge < -0.3 is 0 Å². The van der Waals surface area contributed by atoms with Gasteiger partial charge >= 0.3 is 0 Å². The van der Waals surface area contributed by atoms with Crippen molar-refractivity contribution in [1.29, 1.82) is 0 Å². The van der Waals surface area contributed by atoms with Crippen molar-refractivity contribution in [3.8, 4) is 0 Å². The highest BCUT2D eigenvalue weighted by atomic mass is 35.5. The number of sulfonamides is 1. The molecule has 0 spiro atoms. The highest BCUT2D eigenvalue weighted by molar-refractivity contribution is 7.89. The number of nitrogens with zero attached hydrogens (tertiary/aromatic N) is 1. The molecule has 0 fully saturated rings. The van der Waals surface area contributed by atoms with Crippen molar-refractivity contribution < 1.29 is 8.42 Å². The lowest BCUT2D eigenvalue weighted by Crippen LogP contribution is -2.19. The van der Waals surface area contributed by atoms with E-state index in [-0.39, 0.29) is 10.3 Å². The maximum atomic E-state index is 12.3. The summed E-state index contributed by atoms with van der Waals surface area (Å²) in [5.41, 5.74) is 1.45. The normalized spacial score (nSPS) is 12.5. The average Bonchev–Trinajstić information content (AvgIpc) is 2.49. The van der Waals surface area contributed by atoms with E-state index in [2.05, 4.69) is 30.7 Å². The van der Waals surface area contributed by atoms with Gasteiger partial charge in [0, 0.05) is 5.56 Å². The first-order valence-corrected chi connectivity index (χ1v) is 9.44. The van der Waals surface area contributed by atoms with Gasteiger partial charge in [-0.05, 0) is 35.2 Å². The standard InChI is InChI=1S/C17H18Cl2N2O2S/c1-17(2,3)12-7-9-13(10-8-12)24(22,23)21-20-11-14-15(18)5-4-6-16(14)19/h4-11,21H,1-3H3/b20-11-. The molecule has 0 unspecified atom stereocenters. The maximum absolute atomic E-state index is 12.3. The molecule has 1 N–H and O–H groups in total. The lowest BCUT2D eigenvalue weighted by Gasteiger charge is -2.19.